The lowest BCUT2D eigenvalue weighted by Crippen LogP contribution is -2.31. The van der Waals surface area contributed by atoms with Gasteiger partial charge in [0.15, 0.2) is 0 Å². The maximum Gasteiger partial charge on any atom is 0.329 e. The largest absolute Gasteiger partial charge is 0.490 e. The molecule has 100 valence electrons. The molecule has 1 aliphatic rings. The third-order valence-corrected chi connectivity index (χ3v) is 4.40. The molecule has 1 saturated heterocycles. The van der Waals surface area contributed by atoms with Gasteiger partial charge in [0.25, 0.3) is 5.56 Å². The van der Waals surface area contributed by atoms with Crippen LogP contribution in [0.15, 0.2) is 15.8 Å². The topological polar surface area (TPSA) is 105 Å². The Morgan fingerprint density at radius 1 is 1.61 bits per heavy atom. The Kier molecular flexibility index (Phi) is 3.79. The first-order valence-electron chi connectivity index (χ1n) is 5.40. The lowest BCUT2D eigenvalue weighted by atomic mass is 10.2. The molecule has 1 fully saturated rings. The standard InChI is InChI=1S/C10H14N2O5S/c1-17-6-3-12(10(16)11-9(6)15)8-2-5(14)7(4-13)18-8/h3,5,7-8,13-14H,2,4H2,1H3,(H,11,15,16). The van der Waals surface area contributed by atoms with E-state index in [0.717, 1.165) is 0 Å². The van der Waals surface area contributed by atoms with Crippen LogP contribution in [-0.4, -0.2) is 44.8 Å². The van der Waals surface area contributed by atoms with E-state index in [0.29, 0.717) is 6.42 Å². The molecule has 0 amide bonds. The minimum absolute atomic E-state index is 0.0390. The molecule has 0 spiro atoms. The summed E-state index contributed by atoms with van der Waals surface area (Å²) < 4.78 is 6.16. The molecule has 3 unspecified atom stereocenters. The van der Waals surface area contributed by atoms with Crippen molar-refractivity contribution in [2.24, 2.45) is 0 Å². The lowest BCUT2D eigenvalue weighted by molar-refractivity contribution is 0.137. The van der Waals surface area contributed by atoms with E-state index in [1.54, 1.807) is 0 Å². The Hall–Kier alpha value is -1.25. The molecule has 7 nitrogen and oxygen atoms in total. The third kappa shape index (κ3) is 2.31. The maximum atomic E-state index is 11.7. The van der Waals surface area contributed by atoms with Crippen molar-refractivity contribution >= 4 is 11.8 Å². The number of aromatic amines is 1. The van der Waals surface area contributed by atoms with E-state index in [9.17, 15) is 14.7 Å². The van der Waals surface area contributed by atoms with Crippen LogP contribution in [0.3, 0.4) is 0 Å². The van der Waals surface area contributed by atoms with E-state index >= 15 is 0 Å². The third-order valence-electron chi connectivity index (χ3n) is 2.85. The van der Waals surface area contributed by atoms with Crippen LogP contribution in [0.2, 0.25) is 0 Å². The van der Waals surface area contributed by atoms with Crippen molar-refractivity contribution < 1.29 is 14.9 Å². The summed E-state index contributed by atoms with van der Waals surface area (Å²) in [6, 6.07) is 0. The van der Waals surface area contributed by atoms with Crippen LogP contribution in [0.4, 0.5) is 0 Å². The molecule has 0 radical (unpaired) electrons. The first-order chi connectivity index (χ1) is 8.56. The molecule has 2 rings (SSSR count). The summed E-state index contributed by atoms with van der Waals surface area (Å²) in [7, 11) is 1.34. The Balaban J connectivity index is 2.35. The second-order valence-electron chi connectivity index (χ2n) is 3.98. The SMILES string of the molecule is COc1cn(C2CC(O)C(CO)S2)c(=O)[nH]c1=O. The van der Waals surface area contributed by atoms with Gasteiger partial charge in [-0.1, -0.05) is 0 Å². The van der Waals surface area contributed by atoms with Crippen molar-refractivity contribution in [2.75, 3.05) is 13.7 Å². The number of H-pyrrole nitrogens is 1. The van der Waals surface area contributed by atoms with Crippen molar-refractivity contribution in [1.82, 2.24) is 9.55 Å². The Morgan fingerprint density at radius 2 is 2.33 bits per heavy atom. The number of nitrogens with zero attached hydrogens (tertiary/aromatic N) is 1. The van der Waals surface area contributed by atoms with Crippen LogP contribution in [0.25, 0.3) is 0 Å². The number of rotatable bonds is 3. The Morgan fingerprint density at radius 3 is 2.89 bits per heavy atom. The van der Waals surface area contributed by atoms with Gasteiger partial charge < -0.3 is 14.9 Å². The number of hydrogen-bond acceptors (Lipinski definition) is 6. The second kappa shape index (κ2) is 5.17. The maximum absolute atomic E-state index is 11.7. The van der Waals surface area contributed by atoms with Gasteiger partial charge in [0.1, 0.15) is 0 Å². The highest BCUT2D eigenvalue weighted by Crippen LogP contribution is 2.40. The van der Waals surface area contributed by atoms with Gasteiger partial charge in [-0.3, -0.25) is 14.3 Å². The number of ether oxygens (including phenoxy) is 1. The fraction of sp³-hybridized carbons (Fsp3) is 0.600. The predicted octanol–water partition coefficient (Wildman–Crippen LogP) is -1.10. The lowest BCUT2D eigenvalue weighted by Gasteiger charge is -2.13. The van der Waals surface area contributed by atoms with Gasteiger partial charge in [0.05, 0.1) is 36.6 Å². The summed E-state index contributed by atoms with van der Waals surface area (Å²) in [4.78, 5) is 25.2. The summed E-state index contributed by atoms with van der Waals surface area (Å²) in [5.41, 5.74) is -1.13. The molecule has 0 aliphatic carbocycles. The summed E-state index contributed by atoms with van der Waals surface area (Å²) >= 11 is 1.30. The molecule has 2 heterocycles. The van der Waals surface area contributed by atoms with Crippen molar-refractivity contribution in [3.05, 3.63) is 27.0 Å². The van der Waals surface area contributed by atoms with Crippen molar-refractivity contribution in [1.29, 1.82) is 0 Å². The minimum atomic E-state index is -0.671. The first kappa shape index (κ1) is 13.2. The molecule has 1 aromatic rings. The van der Waals surface area contributed by atoms with E-state index in [-0.39, 0.29) is 23.0 Å². The summed E-state index contributed by atoms with van der Waals surface area (Å²) in [5, 5.41) is 18.1. The zero-order valence-electron chi connectivity index (χ0n) is 9.70. The van der Waals surface area contributed by atoms with Crippen molar-refractivity contribution in [2.45, 2.75) is 23.1 Å². The van der Waals surface area contributed by atoms with Gasteiger partial charge in [0.2, 0.25) is 5.75 Å². The van der Waals surface area contributed by atoms with Crippen molar-refractivity contribution in [3.63, 3.8) is 0 Å². The number of aliphatic hydroxyl groups excluding tert-OH is 2. The Labute approximate surface area is 106 Å². The number of aromatic nitrogens is 2. The highest BCUT2D eigenvalue weighted by molar-refractivity contribution is 8.00. The highest BCUT2D eigenvalue weighted by Gasteiger charge is 2.34. The van der Waals surface area contributed by atoms with Gasteiger partial charge in [-0.15, -0.1) is 11.8 Å². The molecule has 3 atom stereocenters. The number of thioether (sulfide) groups is 1. The number of methoxy groups -OCH3 is 1. The van der Waals surface area contributed by atoms with E-state index in [1.807, 2.05) is 0 Å². The number of aliphatic hydroxyl groups is 2. The van der Waals surface area contributed by atoms with Gasteiger partial charge in [0, 0.05) is 6.42 Å². The molecule has 8 heteroatoms. The van der Waals surface area contributed by atoms with Crippen molar-refractivity contribution in [3.8, 4) is 5.75 Å². The molecule has 0 aromatic carbocycles. The van der Waals surface area contributed by atoms with Crippen LogP contribution in [0, 0.1) is 0 Å². The van der Waals surface area contributed by atoms with E-state index in [1.165, 1.54) is 29.6 Å². The summed E-state index contributed by atoms with van der Waals surface area (Å²) in [6.07, 6.45) is 0.992. The first-order valence-corrected chi connectivity index (χ1v) is 6.35. The van der Waals surface area contributed by atoms with Gasteiger partial charge in [-0.05, 0) is 0 Å². The molecule has 0 saturated carbocycles. The zero-order chi connectivity index (χ0) is 13.3. The predicted molar refractivity (Wildman–Crippen MR) is 66.0 cm³/mol. The summed E-state index contributed by atoms with van der Waals surface area (Å²) in [6.45, 7) is -0.155. The normalized spacial score (nSPS) is 27.4. The Bertz CT molecular complexity index is 540. The molecular weight excluding hydrogens is 260 g/mol. The van der Waals surface area contributed by atoms with Crippen LogP contribution >= 0.6 is 11.8 Å². The number of hydrogen-bond donors (Lipinski definition) is 3. The molecule has 1 aromatic heterocycles. The minimum Gasteiger partial charge on any atom is -0.490 e. The van der Waals surface area contributed by atoms with Crippen LogP contribution < -0.4 is 16.0 Å². The average molecular weight is 274 g/mol. The molecule has 18 heavy (non-hydrogen) atoms. The molecule has 3 N–H and O–H groups in total. The fourth-order valence-electron chi connectivity index (χ4n) is 1.88. The number of nitrogens with one attached hydrogen (secondary N) is 1. The zero-order valence-corrected chi connectivity index (χ0v) is 10.5. The molecular formula is C10H14N2O5S. The average Bonchev–Trinajstić information content (AvgIpc) is 2.70. The van der Waals surface area contributed by atoms with Gasteiger partial charge >= 0.3 is 5.69 Å². The van der Waals surface area contributed by atoms with Gasteiger partial charge in [-0.2, -0.15) is 0 Å². The summed E-state index contributed by atoms with van der Waals surface area (Å²) in [5.74, 6) is 0.0390. The molecule has 0 bridgehead atoms. The van der Waals surface area contributed by atoms with Crippen LogP contribution in [0.5, 0.6) is 5.75 Å². The molecule has 1 aliphatic heterocycles. The van der Waals surface area contributed by atoms with Gasteiger partial charge in [-0.25, -0.2) is 4.79 Å². The monoisotopic (exact) mass is 274 g/mol. The van der Waals surface area contributed by atoms with E-state index in [4.69, 9.17) is 9.84 Å². The van der Waals surface area contributed by atoms with E-state index < -0.39 is 17.4 Å². The fourth-order valence-corrected chi connectivity index (χ4v) is 3.25. The highest BCUT2D eigenvalue weighted by atomic mass is 32.2. The second-order valence-corrected chi connectivity index (χ2v) is 5.40. The smallest absolute Gasteiger partial charge is 0.329 e. The van der Waals surface area contributed by atoms with Crippen LogP contribution in [-0.2, 0) is 0 Å². The van der Waals surface area contributed by atoms with E-state index in [2.05, 4.69) is 4.98 Å². The van der Waals surface area contributed by atoms with Crippen LogP contribution in [0.1, 0.15) is 11.8 Å². The quantitative estimate of drug-likeness (QED) is 0.646.